The molecule has 1 unspecified atom stereocenters. The molecule has 0 spiro atoms. The molecule has 3 aromatic heterocycles. The Bertz CT molecular complexity index is 1310. The first-order valence-corrected chi connectivity index (χ1v) is 10.4. The predicted octanol–water partition coefficient (Wildman–Crippen LogP) is 4.14. The maximum atomic E-state index is 14.0. The fraction of sp³-hybridized carbons (Fsp3) is 0.250. The summed E-state index contributed by atoms with van der Waals surface area (Å²) in [5, 5.41) is 2.81. The van der Waals surface area contributed by atoms with Gasteiger partial charge in [-0.25, -0.2) is 13.8 Å². The molecule has 33 heavy (non-hydrogen) atoms. The van der Waals surface area contributed by atoms with E-state index in [9.17, 15) is 13.6 Å². The number of nitrogens with zero attached hydrogens (tertiary/aromatic N) is 2. The lowest BCUT2D eigenvalue weighted by Crippen LogP contribution is -2.32. The van der Waals surface area contributed by atoms with E-state index in [1.807, 2.05) is 19.9 Å². The molecule has 0 aliphatic carbocycles. The van der Waals surface area contributed by atoms with Crippen molar-refractivity contribution in [1.82, 2.24) is 14.7 Å². The predicted molar refractivity (Wildman–Crippen MR) is 118 cm³/mol. The van der Waals surface area contributed by atoms with Gasteiger partial charge in [0, 0.05) is 12.7 Å². The molecule has 0 bridgehead atoms. The molecule has 1 aromatic carbocycles. The third kappa shape index (κ3) is 4.58. The minimum Gasteiger partial charge on any atom is -0.485 e. The minimum atomic E-state index is -0.693. The highest BCUT2D eigenvalue weighted by Crippen LogP contribution is 2.26. The number of aromatic nitrogens is 2. The monoisotopic (exact) mass is 454 g/mol. The molecule has 0 fully saturated rings. The number of amides is 1. The van der Waals surface area contributed by atoms with Crippen LogP contribution < -0.4 is 15.8 Å². The van der Waals surface area contributed by atoms with Crippen LogP contribution in [-0.4, -0.2) is 21.8 Å². The largest absolute Gasteiger partial charge is 0.485 e. The van der Waals surface area contributed by atoms with Crippen molar-refractivity contribution in [2.45, 2.75) is 33.4 Å². The number of furan rings is 1. The highest BCUT2D eigenvalue weighted by atomic mass is 19.1. The van der Waals surface area contributed by atoms with Gasteiger partial charge in [-0.2, -0.15) is 0 Å². The number of fused-ring (bicyclic) bond motifs is 1. The Morgan fingerprint density at radius 2 is 1.94 bits per heavy atom. The molecular weight excluding hydrogens is 430 g/mol. The molecule has 0 saturated heterocycles. The van der Waals surface area contributed by atoms with Crippen LogP contribution in [0.1, 0.15) is 44.9 Å². The van der Waals surface area contributed by atoms with Gasteiger partial charge >= 0.3 is 0 Å². The average Bonchev–Trinajstić information content (AvgIpc) is 3.34. The third-order valence-electron chi connectivity index (χ3n) is 5.26. The Labute approximate surface area is 189 Å². The summed E-state index contributed by atoms with van der Waals surface area (Å²) in [6.07, 6.45) is 1.75. The first kappa shape index (κ1) is 22.5. The number of rotatable bonds is 7. The zero-order valence-corrected chi connectivity index (χ0v) is 18.5. The summed E-state index contributed by atoms with van der Waals surface area (Å²) in [5.41, 5.74) is 7.87. The lowest BCUT2D eigenvalue weighted by atomic mass is 10.2. The maximum absolute atomic E-state index is 14.0. The normalized spacial score (nSPS) is 12.2. The van der Waals surface area contributed by atoms with Crippen molar-refractivity contribution in [3.05, 3.63) is 88.3 Å². The Hall–Kier alpha value is -3.72. The molecule has 9 heteroatoms. The summed E-state index contributed by atoms with van der Waals surface area (Å²) in [6.45, 7) is 5.19. The fourth-order valence-electron chi connectivity index (χ4n) is 3.60. The molecule has 0 radical (unpaired) electrons. The lowest BCUT2D eigenvalue weighted by Gasteiger charge is -2.12. The van der Waals surface area contributed by atoms with Gasteiger partial charge in [0.1, 0.15) is 35.5 Å². The van der Waals surface area contributed by atoms with Crippen molar-refractivity contribution in [3.8, 4) is 5.75 Å². The summed E-state index contributed by atoms with van der Waals surface area (Å²) in [5.74, 6) is -0.127. The van der Waals surface area contributed by atoms with Gasteiger partial charge in [0.05, 0.1) is 17.3 Å². The van der Waals surface area contributed by atoms with Crippen molar-refractivity contribution in [2.75, 3.05) is 6.54 Å². The number of imidazole rings is 1. The Morgan fingerprint density at radius 3 is 2.61 bits per heavy atom. The van der Waals surface area contributed by atoms with Crippen LogP contribution in [0.15, 0.2) is 47.0 Å². The summed E-state index contributed by atoms with van der Waals surface area (Å²) >= 11 is 0. The average molecular weight is 454 g/mol. The molecule has 7 nitrogen and oxygen atoms in total. The first-order valence-electron chi connectivity index (χ1n) is 10.4. The van der Waals surface area contributed by atoms with Crippen LogP contribution in [0.5, 0.6) is 5.75 Å². The molecule has 1 amide bonds. The van der Waals surface area contributed by atoms with Crippen LogP contribution in [0.4, 0.5) is 8.78 Å². The van der Waals surface area contributed by atoms with E-state index in [0.29, 0.717) is 28.5 Å². The Morgan fingerprint density at radius 1 is 1.21 bits per heavy atom. The van der Waals surface area contributed by atoms with Crippen molar-refractivity contribution in [1.29, 1.82) is 0 Å². The van der Waals surface area contributed by atoms with Crippen LogP contribution in [0.25, 0.3) is 5.65 Å². The second kappa shape index (κ2) is 9.03. The van der Waals surface area contributed by atoms with E-state index in [0.717, 1.165) is 11.3 Å². The number of hydrogen-bond donors (Lipinski definition) is 2. The summed E-state index contributed by atoms with van der Waals surface area (Å²) in [7, 11) is 0. The van der Waals surface area contributed by atoms with E-state index in [1.165, 1.54) is 18.2 Å². The number of nitrogens with one attached hydrogen (secondary N) is 1. The molecule has 0 aliphatic rings. The number of ether oxygens (including phenoxy) is 1. The highest BCUT2D eigenvalue weighted by molar-refractivity contribution is 5.95. The Kier molecular flexibility index (Phi) is 6.15. The zero-order chi connectivity index (χ0) is 23.7. The van der Waals surface area contributed by atoms with Crippen LogP contribution in [0.3, 0.4) is 0 Å². The third-order valence-corrected chi connectivity index (χ3v) is 5.26. The number of benzene rings is 1. The molecule has 0 aliphatic heterocycles. The maximum Gasteiger partial charge on any atom is 0.270 e. The molecule has 4 aromatic rings. The first-order chi connectivity index (χ1) is 15.7. The van der Waals surface area contributed by atoms with Gasteiger partial charge in [0.2, 0.25) is 0 Å². The van der Waals surface area contributed by atoms with Gasteiger partial charge in [0.25, 0.3) is 5.91 Å². The molecule has 3 N–H and O–H groups in total. The Balaban J connectivity index is 1.58. The molecule has 3 heterocycles. The van der Waals surface area contributed by atoms with E-state index < -0.39 is 17.7 Å². The van der Waals surface area contributed by atoms with E-state index in [4.69, 9.17) is 14.9 Å². The standard InChI is InChI=1S/C24H24F2N4O3/c1-13-9-21(32-12-16-17(25)5-4-6-18(16)26)23-29-15(3)22(30(23)11-13)24(31)28-10-19(27)20-8-7-14(2)33-20/h4-9,11,19H,10,12,27H2,1-3H3,(H,28,31). The molecule has 0 saturated carbocycles. The number of nitrogens with two attached hydrogens (primary N) is 1. The van der Waals surface area contributed by atoms with Crippen LogP contribution in [0, 0.1) is 32.4 Å². The van der Waals surface area contributed by atoms with Crippen molar-refractivity contribution in [3.63, 3.8) is 0 Å². The number of pyridine rings is 1. The number of halogens is 2. The fourth-order valence-corrected chi connectivity index (χ4v) is 3.60. The molecular formula is C24H24F2N4O3. The van der Waals surface area contributed by atoms with Gasteiger partial charge in [0.15, 0.2) is 11.4 Å². The number of carbonyl (C=O) groups excluding carboxylic acids is 1. The SMILES string of the molecule is Cc1cc(OCc2c(F)cccc2F)c2nc(C)c(C(=O)NCC(N)c3ccc(C)o3)n2c1. The van der Waals surface area contributed by atoms with Gasteiger partial charge in [-0.05, 0) is 56.7 Å². The van der Waals surface area contributed by atoms with Crippen LogP contribution in [0.2, 0.25) is 0 Å². The van der Waals surface area contributed by atoms with Gasteiger partial charge < -0.3 is 20.2 Å². The number of carbonyl (C=O) groups is 1. The number of hydrogen-bond acceptors (Lipinski definition) is 5. The van der Waals surface area contributed by atoms with Crippen molar-refractivity contribution in [2.24, 2.45) is 5.73 Å². The topological polar surface area (TPSA) is 94.8 Å². The summed E-state index contributed by atoms with van der Waals surface area (Å²) in [6, 6.07) is 8.42. The van der Waals surface area contributed by atoms with Crippen LogP contribution >= 0.6 is 0 Å². The number of aryl methyl sites for hydroxylation is 3. The van der Waals surface area contributed by atoms with E-state index in [1.54, 1.807) is 29.7 Å². The van der Waals surface area contributed by atoms with Gasteiger partial charge in [-0.1, -0.05) is 6.07 Å². The summed E-state index contributed by atoms with van der Waals surface area (Å²) < 4.78 is 40.8. The molecule has 1 atom stereocenters. The van der Waals surface area contributed by atoms with Crippen LogP contribution in [-0.2, 0) is 6.61 Å². The van der Waals surface area contributed by atoms with E-state index >= 15 is 0 Å². The second-order valence-electron chi connectivity index (χ2n) is 7.87. The van der Waals surface area contributed by atoms with Crippen molar-refractivity contribution >= 4 is 11.6 Å². The minimum absolute atomic E-state index is 0.167. The lowest BCUT2D eigenvalue weighted by molar-refractivity contribution is 0.0944. The van der Waals surface area contributed by atoms with Crippen molar-refractivity contribution < 1.29 is 22.7 Å². The summed E-state index contributed by atoms with van der Waals surface area (Å²) in [4.78, 5) is 17.4. The van der Waals surface area contributed by atoms with E-state index in [2.05, 4.69) is 10.3 Å². The van der Waals surface area contributed by atoms with Gasteiger partial charge in [-0.15, -0.1) is 0 Å². The van der Waals surface area contributed by atoms with E-state index in [-0.39, 0.29) is 24.6 Å². The quantitative estimate of drug-likeness (QED) is 0.438. The zero-order valence-electron chi connectivity index (χ0n) is 18.5. The second-order valence-corrected chi connectivity index (χ2v) is 7.87. The van der Waals surface area contributed by atoms with Gasteiger partial charge in [-0.3, -0.25) is 9.20 Å². The molecule has 4 rings (SSSR count). The smallest absolute Gasteiger partial charge is 0.270 e. The highest BCUT2D eigenvalue weighted by Gasteiger charge is 2.21. The molecule has 172 valence electrons.